The van der Waals surface area contributed by atoms with E-state index in [2.05, 4.69) is 10.3 Å². The van der Waals surface area contributed by atoms with Crippen LogP contribution < -0.4 is 10.5 Å². The Labute approximate surface area is 103 Å². The van der Waals surface area contributed by atoms with Gasteiger partial charge in [-0.15, -0.1) is 11.3 Å². The molecule has 0 amide bonds. The molecule has 0 aliphatic heterocycles. The lowest BCUT2D eigenvalue weighted by Crippen LogP contribution is -2.12. The molecular formula is C9H11N3O3S2. The lowest BCUT2D eigenvalue weighted by molar-refractivity contribution is 0.402. The van der Waals surface area contributed by atoms with Crippen LogP contribution in [0.1, 0.15) is 10.6 Å². The van der Waals surface area contributed by atoms with Crippen LogP contribution in [0.15, 0.2) is 33.3 Å². The van der Waals surface area contributed by atoms with E-state index in [9.17, 15) is 8.42 Å². The molecule has 0 unspecified atom stereocenters. The summed E-state index contributed by atoms with van der Waals surface area (Å²) in [5.74, 6) is 0.526. The molecule has 0 aliphatic rings. The van der Waals surface area contributed by atoms with Gasteiger partial charge in [0.15, 0.2) is 0 Å². The van der Waals surface area contributed by atoms with Crippen molar-refractivity contribution in [3.63, 3.8) is 0 Å². The van der Waals surface area contributed by atoms with Gasteiger partial charge >= 0.3 is 0 Å². The number of thiazole rings is 1. The molecule has 0 saturated carbocycles. The van der Waals surface area contributed by atoms with Gasteiger partial charge in [-0.2, -0.15) is 0 Å². The second-order valence-corrected chi connectivity index (χ2v) is 5.80. The summed E-state index contributed by atoms with van der Waals surface area (Å²) >= 11 is 1.55. The predicted molar refractivity (Wildman–Crippen MR) is 62.7 cm³/mol. The van der Waals surface area contributed by atoms with Crippen molar-refractivity contribution in [2.75, 3.05) is 0 Å². The lowest BCUT2D eigenvalue weighted by atomic mass is 10.4. The maximum absolute atomic E-state index is 11.0. The van der Waals surface area contributed by atoms with Crippen LogP contribution in [0.2, 0.25) is 0 Å². The molecular weight excluding hydrogens is 262 g/mol. The highest BCUT2D eigenvalue weighted by Crippen LogP contribution is 2.12. The Bertz CT molecular complexity index is 574. The monoisotopic (exact) mass is 273 g/mol. The molecule has 0 atom stereocenters. The van der Waals surface area contributed by atoms with Crippen LogP contribution in [0.3, 0.4) is 0 Å². The number of sulfonamides is 1. The Kier molecular flexibility index (Phi) is 3.57. The summed E-state index contributed by atoms with van der Waals surface area (Å²) in [6.45, 7) is 1.10. The number of rotatable bonds is 5. The van der Waals surface area contributed by atoms with Gasteiger partial charge in [0, 0.05) is 17.6 Å². The Balaban J connectivity index is 1.90. The van der Waals surface area contributed by atoms with E-state index in [1.165, 1.54) is 6.07 Å². The first kappa shape index (κ1) is 12.2. The van der Waals surface area contributed by atoms with Crippen molar-refractivity contribution < 1.29 is 12.8 Å². The summed E-state index contributed by atoms with van der Waals surface area (Å²) in [5, 5.41) is 7.82. The van der Waals surface area contributed by atoms with E-state index in [0.29, 0.717) is 18.8 Å². The molecule has 2 heterocycles. The van der Waals surface area contributed by atoms with Gasteiger partial charge < -0.3 is 9.73 Å². The van der Waals surface area contributed by atoms with Gasteiger partial charge in [-0.3, -0.25) is 4.98 Å². The number of aromatic nitrogens is 1. The van der Waals surface area contributed by atoms with Crippen molar-refractivity contribution in [2.24, 2.45) is 5.14 Å². The maximum atomic E-state index is 11.0. The van der Waals surface area contributed by atoms with Crippen LogP contribution in [0.25, 0.3) is 0 Å². The number of furan rings is 1. The minimum atomic E-state index is -3.75. The van der Waals surface area contributed by atoms with E-state index >= 15 is 0 Å². The molecule has 0 aliphatic carbocycles. The largest absolute Gasteiger partial charge is 0.447 e. The first-order valence-corrected chi connectivity index (χ1v) is 7.18. The molecule has 2 aromatic rings. The smallest absolute Gasteiger partial charge is 0.271 e. The molecule has 0 bridgehead atoms. The van der Waals surface area contributed by atoms with Crippen molar-refractivity contribution >= 4 is 21.4 Å². The summed E-state index contributed by atoms with van der Waals surface area (Å²) in [6.07, 6.45) is 1.77. The van der Waals surface area contributed by atoms with Gasteiger partial charge in [-0.25, -0.2) is 13.6 Å². The average Bonchev–Trinajstić information content (AvgIpc) is 2.86. The minimum Gasteiger partial charge on any atom is -0.447 e. The fourth-order valence-corrected chi connectivity index (χ4v) is 2.29. The molecule has 92 valence electrons. The van der Waals surface area contributed by atoms with Crippen LogP contribution in [-0.4, -0.2) is 13.4 Å². The molecule has 0 radical (unpaired) electrons. The zero-order valence-electron chi connectivity index (χ0n) is 8.79. The Morgan fingerprint density at radius 3 is 2.82 bits per heavy atom. The predicted octanol–water partition coefficient (Wildman–Crippen LogP) is 0.673. The number of nitrogens with two attached hydrogens (primary N) is 1. The van der Waals surface area contributed by atoms with Crippen LogP contribution >= 0.6 is 11.3 Å². The van der Waals surface area contributed by atoms with E-state index in [0.717, 1.165) is 4.88 Å². The zero-order chi connectivity index (χ0) is 12.3. The minimum absolute atomic E-state index is 0.216. The van der Waals surface area contributed by atoms with Gasteiger partial charge in [0.25, 0.3) is 10.0 Å². The highest BCUT2D eigenvalue weighted by atomic mass is 32.2. The third-order valence-electron chi connectivity index (χ3n) is 2.00. The number of hydrogen-bond acceptors (Lipinski definition) is 6. The molecule has 0 spiro atoms. The summed E-state index contributed by atoms with van der Waals surface area (Å²) in [6, 6.07) is 2.93. The van der Waals surface area contributed by atoms with Crippen molar-refractivity contribution in [3.05, 3.63) is 34.5 Å². The van der Waals surface area contributed by atoms with E-state index in [4.69, 9.17) is 9.56 Å². The van der Waals surface area contributed by atoms with Gasteiger partial charge in [0.1, 0.15) is 5.76 Å². The first-order chi connectivity index (χ1) is 8.05. The number of nitrogens with zero attached hydrogens (tertiary/aromatic N) is 1. The Hall–Kier alpha value is -1.22. The molecule has 3 N–H and O–H groups in total. The van der Waals surface area contributed by atoms with Crippen LogP contribution in [0.4, 0.5) is 0 Å². The van der Waals surface area contributed by atoms with Crippen molar-refractivity contribution in [2.45, 2.75) is 18.2 Å². The Morgan fingerprint density at radius 1 is 1.41 bits per heavy atom. The summed E-state index contributed by atoms with van der Waals surface area (Å²) in [4.78, 5) is 5.04. The number of primary sulfonamides is 1. The van der Waals surface area contributed by atoms with E-state index in [1.54, 1.807) is 29.1 Å². The van der Waals surface area contributed by atoms with Crippen molar-refractivity contribution in [1.29, 1.82) is 0 Å². The van der Waals surface area contributed by atoms with Crippen molar-refractivity contribution in [1.82, 2.24) is 10.3 Å². The Morgan fingerprint density at radius 2 is 2.24 bits per heavy atom. The van der Waals surface area contributed by atoms with Crippen LogP contribution in [0, 0.1) is 0 Å². The van der Waals surface area contributed by atoms with Gasteiger partial charge in [0.05, 0.1) is 12.1 Å². The maximum Gasteiger partial charge on any atom is 0.271 e. The summed E-state index contributed by atoms with van der Waals surface area (Å²) in [7, 11) is -3.75. The fraction of sp³-hybridized carbons (Fsp3) is 0.222. The molecule has 8 heteroatoms. The van der Waals surface area contributed by atoms with Gasteiger partial charge in [-0.05, 0) is 12.1 Å². The third-order valence-corrected chi connectivity index (χ3v) is 3.56. The highest BCUT2D eigenvalue weighted by molar-refractivity contribution is 7.89. The quantitative estimate of drug-likeness (QED) is 0.834. The highest BCUT2D eigenvalue weighted by Gasteiger charge is 2.12. The number of nitrogens with one attached hydrogen (secondary N) is 1. The normalized spacial score (nSPS) is 11.8. The van der Waals surface area contributed by atoms with Crippen LogP contribution in [-0.2, 0) is 23.1 Å². The van der Waals surface area contributed by atoms with E-state index in [1.807, 2.05) is 0 Å². The number of hydrogen-bond donors (Lipinski definition) is 2. The second-order valence-electron chi connectivity index (χ2n) is 3.34. The second kappa shape index (κ2) is 4.96. The standard InChI is InChI=1S/C9H11N3O3S2/c10-17(13,14)9-2-1-7(15-9)3-11-4-8-5-12-6-16-8/h1-2,5-6,11H,3-4H2,(H2,10,13,14). The van der Waals surface area contributed by atoms with E-state index < -0.39 is 10.0 Å². The van der Waals surface area contributed by atoms with Gasteiger partial charge in [0.2, 0.25) is 5.09 Å². The first-order valence-electron chi connectivity index (χ1n) is 4.75. The van der Waals surface area contributed by atoms with Crippen molar-refractivity contribution in [3.8, 4) is 0 Å². The third kappa shape index (κ3) is 3.37. The van der Waals surface area contributed by atoms with Crippen LogP contribution in [0.5, 0.6) is 0 Å². The lowest BCUT2D eigenvalue weighted by Gasteiger charge is -1.99. The molecule has 0 fully saturated rings. The summed E-state index contributed by atoms with van der Waals surface area (Å²) in [5.41, 5.74) is 1.75. The molecule has 17 heavy (non-hydrogen) atoms. The topological polar surface area (TPSA) is 98.2 Å². The average molecular weight is 273 g/mol. The molecule has 6 nitrogen and oxygen atoms in total. The SMILES string of the molecule is NS(=O)(=O)c1ccc(CNCc2cncs2)o1. The molecule has 2 aromatic heterocycles. The van der Waals surface area contributed by atoms with E-state index in [-0.39, 0.29) is 5.09 Å². The molecule has 0 saturated heterocycles. The molecule has 0 aromatic carbocycles. The fourth-order valence-electron chi connectivity index (χ4n) is 1.24. The molecule has 2 rings (SSSR count). The summed E-state index contributed by atoms with van der Waals surface area (Å²) < 4.78 is 27.0. The van der Waals surface area contributed by atoms with Gasteiger partial charge in [-0.1, -0.05) is 0 Å². The zero-order valence-corrected chi connectivity index (χ0v) is 10.4.